The van der Waals surface area contributed by atoms with Crippen molar-refractivity contribution >= 4 is 127 Å². The first-order valence-electron chi connectivity index (χ1n) is 34.7. The standard InChI is InChI=1S/C66H99N23O17S2/c1-8-32(6)50(68)63(104)86-46-27-108-107-26-45(62(103)89-53(33(7)90)54(69)95)85-56(97)39(14-11-17-74-66(70)71)80-59(100)43(20-36-24-73-29-78-36)83-58(99)42(19-35-23-72-28-77-35)79-48(92)25-76-55(96)41(18-34-22-75-38-13-10-9-12-37(34)38)82-60(101)44(21-49(93)94)84-57(98)40(15-16-47(67)91)81-64(105)51(30(2)3)88-65(106)52(31(4)5)87-61(46)102/h9-10,12-13,22-24,28-33,39-46,50-53,75,90H,8,11,14-21,25-27,68H2,1-7H3,(H2,67,91)(H2,69,95)(H,72,77)(H,73,78)(H,76,96)(H,79,92)(H,80,100)(H,81,105)(H,82,101)(H,83,99)(H,84,98)(H,85,97)(H,86,104)(H,87,102)(H,88,106)(H,89,103)(H,93,94)(H4,70,71,74)/t32-,33+,39-,40-,41-,42-,43?,44-,45-,46?,50-,51?,52-,53+/m0/s1. The number of carboxylic acids is 1. The van der Waals surface area contributed by atoms with E-state index in [1.807, 2.05) is 0 Å². The minimum Gasteiger partial charge on any atom is -0.481 e. The number of aromatic amines is 3. The summed E-state index contributed by atoms with van der Waals surface area (Å²) in [7, 11) is 1.71. The second kappa shape index (κ2) is 43.1. The van der Waals surface area contributed by atoms with Gasteiger partial charge < -0.3 is 118 Å². The molecule has 0 aliphatic carbocycles. The molecule has 14 atom stereocenters. The molecule has 1 aromatic carbocycles. The molecule has 1 fully saturated rings. The molecule has 0 bridgehead atoms. The van der Waals surface area contributed by atoms with Gasteiger partial charge in [0.1, 0.15) is 66.5 Å². The summed E-state index contributed by atoms with van der Waals surface area (Å²) >= 11 is 0. The maximum Gasteiger partial charge on any atom is 0.305 e. The van der Waals surface area contributed by atoms with Crippen molar-refractivity contribution in [2.45, 2.75) is 185 Å². The number of hydrogen-bond donors (Lipinski definition) is 22. The van der Waals surface area contributed by atoms with E-state index >= 15 is 0 Å². The quantitative estimate of drug-likeness (QED) is 0.0127. The van der Waals surface area contributed by atoms with Crippen molar-refractivity contribution in [3.05, 3.63) is 72.5 Å². The number of H-pyrrole nitrogens is 3. The van der Waals surface area contributed by atoms with E-state index in [2.05, 4.69) is 93.7 Å². The van der Waals surface area contributed by atoms with Gasteiger partial charge in [-0.2, -0.15) is 0 Å². The normalized spacial score (nSPS) is 23.2. The first-order chi connectivity index (χ1) is 51.1. The smallest absolute Gasteiger partial charge is 0.305 e. The van der Waals surface area contributed by atoms with Crippen molar-refractivity contribution in [2.24, 2.45) is 51.4 Å². The summed E-state index contributed by atoms with van der Waals surface area (Å²) in [4.78, 5) is 232. The van der Waals surface area contributed by atoms with Crippen LogP contribution >= 0.6 is 21.6 Å². The summed E-state index contributed by atoms with van der Waals surface area (Å²) in [5.74, 6) is -19.4. The molecule has 5 rings (SSSR count). The number of aliphatic hydroxyl groups excluding tert-OH is 1. The Kier molecular flexibility index (Phi) is 35.0. The van der Waals surface area contributed by atoms with E-state index in [1.54, 1.807) is 52.0 Å². The fourth-order valence-electron chi connectivity index (χ4n) is 10.9. The third kappa shape index (κ3) is 28.1. The van der Waals surface area contributed by atoms with Crippen molar-refractivity contribution in [1.82, 2.24) is 88.7 Å². The number of aliphatic imine (C=N–C) groups is 1. The number of aromatic nitrogens is 5. The van der Waals surface area contributed by atoms with E-state index in [1.165, 1.54) is 45.1 Å². The molecule has 1 aliphatic heterocycles. The van der Waals surface area contributed by atoms with E-state index in [0.717, 1.165) is 28.5 Å². The predicted molar refractivity (Wildman–Crippen MR) is 394 cm³/mol. The number of hydrogen-bond acceptors (Lipinski definition) is 22. The highest BCUT2D eigenvalue weighted by molar-refractivity contribution is 8.76. The number of amides is 14. The molecule has 4 heterocycles. The number of guanidine groups is 1. The largest absolute Gasteiger partial charge is 0.481 e. The zero-order chi connectivity index (χ0) is 80.1. The number of benzene rings is 1. The van der Waals surface area contributed by atoms with Crippen LogP contribution in [0.25, 0.3) is 10.9 Å². The number of fused-ring (bicyclic) bond motifs is 1. The molecule has 1 saturated heterocycles. The summed E-state index contributed by atoms with van der Waals surface area (Å²) in [6.45, 7) is 9.74. The molecule has 0 spiro atoms. The average molecular weight is 1550 g/mol. The van der Waals surface area contributed by atoms with E-state index < -0.39 is 217 Å². The molecule has 14 amide bonds. The van der Waals surface area contributed by atoms with E-state index in [0.29, 0.717) is 22.9 Å². The summed E-state index contributed by atoms with van der Waals surface area (Å²) in [5, 5.41) is 51.4. The van der Waals surface area contributed by atoms with Crippen molar-refractivity contribution in [3.8, 4) is 0 Å². The van der Waals surface area contributed by atoms with Crippen molar-refractivity contribution in [3.63, 3.8) is 0 Å². The third-order valence-electron chi connectivity index (χ3n) is 17.3. The fourth-order valence-corrected chi connectivity index (χ4v) is 13.2. The van der Waals surface area contributed by atoms with Gasteiger partial charge in [-0.25, -0.2) is 9.97 Å². The lowest BCUT2D eigenvalue weighted by Crippen LogP contribution is -2.62. The van der Waals surface area contributed by atoms with Gasteiger partial charge in [-0.3, -0.25) is 76.9 Å². The SMILES string of the molecule is CC[C@H](C)[C@H](N)C(=O)NC1CSSC[C@@H](C(=O)N[C@@H](C(N)=O)[C@@H](C)O)NC(=O)[C@H](CCCN=C(N)N)NC(=O)C(Cc2cnc[nH]2)NC(=O)[C@H](Cc2cnc[nH]2)NC(=O)CNC(=O)[C@H](Cc2c[nH]c3ccccc23)NC(=O)[C@H](CC(=O)O)NC(=O)[C@H](CCC(N)=O)NC(=O)C(C(C)C)NC(=O)[C@H](C(C)C)NC1=O. The molecule has 0 saturated carbocycles. The monoisotopic (exact) mass is 1550 g/mol. The average Bonchev–Trinajstić information content (AvgIpc) is 1.65. The number of carbonyl (C=O) groups is 15. The third-order valence-corrected chi connectivity index (χ3v) is 19.7. The number of nitrogens with one attached hydrogen (secondary N) is 15. The molecule has 3 aromatic heterocycles. The Bertz CT molecular complexity index is 3820. The number of nitrogens with zero attached hydrogens (tertiary/aromatic N) is 3. The van der Waals surface area contributed by atoms with E-state index in [9.17, 15) is 82.1 Å². The molecule has 4 aromatic rings. The zero-order valence-electron chi connectivity index (χ0n) is 60.7. The van der Waals surface area contributed by atoms with Crippen LogP contribution in [-0.4, -0.2) is 233 Å². The van der Waals surface area contributed by atoms with Gasteiger partial charge in [-0.1, -0.05) is 87.8 Å². The van der Waals surface area contributed by atoms with Crippen molar-refractivity contribution < 1.29 is 82.1 Å². The summed E-state index contributed by atoms with van der Waals surface area (Å²) in [6, 6.07) is -12.7. The van der Waals surface area contributed by atoms with Crippen molar-refractivity contribution in [2.75, 3.05) is 24.6 Å². The first-order valence-corrected chi connectivity index (χ1v) is 37.2. The highest BCUT2D eigenvalue weighted by Gasteiger charge is 2.39. The number of para-hydroxylation sites is 1. The second-order valence-electron chi connectivity index (χ2n) is 26.5. The Morgan fingerprint density at radius 2 is 1.14 bits per heavy atom. The van der Waals surface area contributed by atoms with Crippen LogP contribution in [0.15, 0.2) is 60.5 Å². The Morgan fingerprint density at radius 1 is 0.620 bits per heavy atom. The molecule has 3 unspecified atom stereocenters. The first kappa shape index (κ1) is 87.8. The molecule has 42 heteroatoms. The lowest BCUT2D eigenvalue weighted by molar-refractivity contribution is -0.141. The minimum absolute atomic E-state index is 0.0154. The maximum absolute atomic E-state index is 14.9. The van der Waals surface area contributed by atoms with Gasteiger partial charge in [-0.15, -0.1) is 0 Å². The van der Waals surface area contributed by atoms with E-state index in [4.69, 9.17) is 28.7 Å². The molecular weight excluding hydrogens is 1450 g/mol. The van der Waals surface area contributed by atoms with Crippen LogP contribution in [0.5, 0.6) is 0 Å². The highest BCUT2D eigenvalue weighted by Crippen LogP contribution is 2.25. The van der Waals surface area contributed by atoms with Crippen LogP contribution in [0.3, 0.4) is 0 Å². The van der Waals surface area contributed by atoms with Gasteiger partial charge in [-0.05, 0) is 55.6 Å². The molecule has 108 heavy (non-hydrogen) atoms. The van der Waals surface area contributed by atoms with Crippen LogP contribution in [0.1, 0.15) is 104 Å². The van der Waals surface area contributed by atoms with Gasteiger partial charge in [0.05, 0.1) is 37.8 Å². The minimum atomic E-state index is -2.04. The van der Waals surface area contributed by atoms with Gasteiger partial charge in [0, 0.05) is 84.6 Å². The summed E-state index contributed by atoms with van der Waals surface area (Å²) < 4.78 is 0. The van der Waals surface area contributed by atoms with Gasteiger partial charge in [0.15, 0.2) is 5.96 Å². The molecular formula is C66H99N23O17S2. The lowest BCUT2D eigenvalue weighted by atomic mass is 9.98. The van der Waals surface area contributed by atoms with Crippen LogP contribution < -0.4 is 92.5 Å². The number of nitrogens with two attached hydrogens (primary N) is 5. The number of primary amides is 2. The second-order valence-corrected chi connectivity index (χ2v) is 29.1. The molecule has 592 valence electrons. The predicted octanol–water partition coefficient (Wildman–Crippen LogP) is -6.17. The van der Waals surface area contributed by atoms with Crippen molar-refractivity contribution in [1.29, 1.82) is 0 Å². The zero-order valence-corrected chi connectivity index (χ0v) is 62.3. The number of aliphatic hydroxyl groups is 1. The van der Waals surface area contributed by atoms with E-state index in [-0.39, 0.29) is 61.7 Å². The number of aliphatic carboxylic acids is 1. The highest BCUT2D eigenvalue weighted by atomic mass is 33.1. The fraction of sp³-hybridized carbons (Fsp3) is 0.545. The Hall–Kier alpha value is -10.9. The topological polar surface area (TPSA) is 656 Å². The van der Waals surface area contributed by atoms with Crippen LogP contribution in [0.4, 0.5) is 0 Å². The van der Waals surface area contributed by atoms with Crippen LogP contribution in [-0.2, 0) is 91.2 Å². The molecule has 1 aliphatic rings. The molecule has 27 N–H and O–H groups in total. The Morgan fingerprint density at radius 3 is 1.69 bits per heavy atom. The van der Waals surface area contributed by atoms with Crippen LogP contribution in [0, 0.1) is 17.8 Å². The number of rotatable bonds is 25. The van der Waals surface area contributed by atoms with Gasteiger partial charge >= 0.3 is 5.97 Å². The maximum atomic E-state index is 14.9. The number of imidazole rings is 2. The van der Waals surface area contributed by atoms with Gasteiger partial charge in [0.25, 0.3) is 0 Å². The summed E-state index contributed by atoms with van der Waals surface area (Å²) in [5.41, 5.74) is 30.2. The Balaban J connectivity index is 1.66. The Labute approximate surface area is 628 Å². The van der Waals surface area contributed by atoms with Crippen LogP contribution in [0.2, 0.25) is 0 Å². The molecule has 40 nitrogen and oxygen atoms in total. The number of carboxylic acid groups (broad SMARTS) is 1. The lowest BCUT2D eigenvalue weighted by Gasteiger charge is -2.30. The number of carbonyl (C=O) groups excluding carboxylic acids is 14. The molecule has 0 radical (unpaired) electrons. The van der Waals surface area contributed by atoms with Gasteiger partial charge in [0.2, 0.25) is 82.7 Å². The summed E-state index contributed by atoms with van der Waals surface area (Å²) in [6.07, 6.45) is 2.04.